The number of aromatic nitrogens is 1. The second-order valence-corrected chi connectivity index (χ2v) is 1.70. The molecule has 1 rings (SSSR count). The van der Waals surface area contributed by atoms with Crippen LogP contribution in [0.25, 0.3) is 0 Å². The van der Waals surface area contributed by atoms with Gasteiger partial charge in [0, 0.05) is 6.07 Å². The highest BCUT2D eigenvalue weighted by Crippen LogP contribution is 1.89. The summed E-state index contributed by atoms with van der Waals surface area (Å²) >= 11 is 0. The van der Waals surface area contributed by atoms with Crippen LogP contribution in [0.15, 0.2) is 18.2 Å². The van der Waals surface area contributed by atoms with E-state index < -0.39 is 0 Å². The van der Waals surface area contributed by atoms with Crippen molar-refractivity contribution >= 4 is 5.82 Å². The van der Waals surface area contributed by atoms with Crippen molar-refractivity contribution in [2.75, 3.05) is 5.73 Å². The zero-order valence-electron chi connectivity index (χ0n) is 5.76. The largest absolute Gasteiger partial charge is 0.312 e. The fourth-order valence-corrected chi connectivity index (χ4v) is 0.564. The average Bonchev–Trinajstić information content (AvgIpc) is 1.83. The number of hydrogen-bond donors (Lipinski definition) is 1. The SMILES string of the molecule is [2H][n+]1c(C)cccc1N. The number of nitrogens with two attached hydrogens (primary N) is 1. The van der Waals surface area contributed by atoms with E-state index in [1.807, 2.05) is 19.1 Å². The normalized spacial score (nSPS) is 10.9. The second-order valence-electron chi connectivity index (χ2n) is 1.70. The Labute approximate surface area is 49.8 Å². The summed E-state index contributed by atoms with van der Waals surface area (Å²) in [5.74, 6) is 0.468. The Bertz CT molecular complexity index is 202. The second kappa shape index (κ2) is 1.82. The minimum Gasteiger partial charge on any atom is -0.287 e. The lowest BCUT2D eigenvalue weighted by atomic mass is 10.4. The number of nitrogens with one attached hydrogen (secondary N) is 1. The number of hydrogen-bond acceptors (Lipinski definition) is 1. The molecule has 1 aromatic rings. The molecule has 2 heteroatoms. The summed E-state index contributed by atoms with van der Waals surface area (Å²) < 4.78 is 7.24. The predicted molar refractivity (Wildman–Crippen MR) is 32.1 cm³/mol. The van der Waals surface area contributed by atoms with Gasteiger partial charge in [-0.15, -0.1) is 0 Å². The van der Waals surface area contributed by atoms with Gasteiger partial charge in [-0.1, -0.05) is 6.07 Å². The molecule has 3 N–H and O–H groups in total. The molecule has 0 fully saturated rings. The van der Waals surface area contributed by atoms with Crippen LogP contribution in [0.4, 0.5) is 5.82 Å². The molecule has 0 saturated heterocycles. The Morgan fingerprint density at radius 2 is 2.50 bits per heavy atom. The molecule has 0 aromatic carbocycles. The zero-order valence-corrected chi connectivity index (χ0v) is 4.76. The Morgan fingerprint density at radius 1 is 1.75 bits per heavy atom. The third kappa shape index (κ3) is 0.964. The molecule has 0 aliphatic heterocycles. The topological polar surface area (TPSA) is 40.2 Å². The number of pyridine rings is 1. The molecule has 1 aromatic heterocycles. The first-order valence-electron chi connectivity index (χ1n) is 2.93. The lowest BCUT2D eigenvalue weighted by Crippen LogP contribution is -2.12. The van der Waals surface area contributed by atoms with E-state index in [2.05, 4.69) is 0 Å². The van der Waals surface area contributed by atoms with E-state index in [0.29, 0.717) is 5.82 Å². The Kier molecular flexibility index (Phi) is 0.886. The van der Waals surface area contributed by atoms with Crippen LogP contribution < -0.4 is 10.7 Å². The first-order valence-corrected chi connectivity index (χ1v) is 2.48. The third-order valence-electron chi connectivity index (χ3n) is 0.910. The zero-order chi connectivity index (χ0) is 6.85. The number of aromatic amines is 1. The van der Waals surface area contributed by atoms with Gasteiger partial charge >= 0.3 is 1.41 Å². The van der Waals surface area contributed by atoms with Gasteiger partial charge in [0.1, 0.15) is 0 Å². The highest BCUT2D eigenvalue weighted by atomic mass is 14.8. The lowest BCUT2D eigenvalue weighted by Gasteiger charge is -1.84. The number of anilines is 1. The van der Waals surface area contributed by atoms with E-state index in [1.54, 1.807) is 6.07 Å². The Morgan fingerprint density at radius 3 is 3.00 bits per heavy atom. The van der Waals surface area contributed by atoms with E-state index >= 15 is 0 Å². The van der Waals surface area contributed by atoms with Gasteiger partial charge in [-0.25, -0.2) is 4.98 Å². The molecule has 8 heavy (non-hydrogen) atoms. The molecule has 0 unspecified atom stereocenters. The van der Waals surface area contributed by atoms with E-state index in [4.69, 9.17) is 7.15 Å². The van der Waals surface area contributed by atoms with Crippen LogP contribution in [-0.2, 0) is 0 Å². The fourth-order valence-electron chi connectivity index (χ4n) is 0.564. The smallest absolute Gasteiger partial charge is 0.287 e. The fraction of sp³-hybridized carbons (Fsp3) is 0.167. The van der Waals surface area contributed by atoms with Gasteiger partial charge in [0.25, 0.3) is 5.82 Å². The molecule has 0 radical (unpaired) electrons. The summed E-state index contributed by atoms with van der Waals surface area (Å²) in [5.41, 5.74) is 6.24. The molecule has 0 atom stereocenters. The van der Waals surface area contributed by atoms with Crippen molar-refractivity contribution in [2.24, 2.45) is 0 Å². The Balaban J connectivity index is 3.25. The molecule has 0 aliphatic rings. The number of H-pyrrole nitrogens is 1. The van der Waals surface area contributed by atoms with Gasteiger partial charge in [0.15, 0.2) is 0 Å². The Hall–Kier alpha value is -1.05. The van der Waals surface area contributed by atoms with Crippen LogP contribution in [0.5, 0.6) is 0 Å². The molecule has 0 bridgehead atoms. The summed E-state index contributed by atoms with van der Waals surface area (Å²) in [6.45, 7) is 1.84. The number of rotatable bonds is 0. The van der Waals surface area contributed by atoms with Crippen molar-refractivity contribution < 1.29 is 6.39 Å². The number of aryl methyl sites for hydroxylation is 1. The summed E-state index contributed by atoms with van der Waals surface area (Å²) in [6, 6.07) is 5.36. The van der Waals surface area contributed by atoms with Crippen LogP contribution in [0.3, 0.4) is 0 Å². The third-order valence-corrected chi connectivity index (χ3v) is 0.910. The average molecular weight is 110 g/mol. The van der Waals surface area contributed by atoms with Crippen LogP contribution in [-0.4, -0.2) is 0 Å². The monoisotopic (exact) mass is 110 g/mol. The van der Waals surface area contributed by atoms with E-state index in [1.165, 1.54) is 4.98 Å². The van der Waals surface area contributed by atoms with Gasteiger partial charge in [0.05, 0.1) is 5.69 Å². The molecule has 42 valence electrons. The molecule has 2 nitrogen and oxygen atoms in total. The minimum atomic E-state index is 0.468. The lowest BCUT2D eigenvalue weighted by molar-refractivity contribution is -0.370. The molecule has 0 amide bonds. The van der Waals surface area contributed by atoms with E-state index in [9.17, 15) is 0 Å². The van der Waals surface area contributed by atoms with Gasteiger partial charge < -0.3 is 0 Å². The van der Waals surface area contributed by atoms with Crippen molar-refractivity contribution in [1.82, 2.24) is 0 Å². The maximum Gasteiger partial charge on any atom is 0.312 e. The van der Waals surface area contributed by atoms with E-state index in [0.717, 1.165) is 5.69 Å². The van der Waals surface area contributed by atoms with Gasteiger partial charge in [-0.05, 0) is 13.0 Å². The highest BCUT2D eigenvalue weighted by Gasteiger charge is 1.88. The molecule has 0 spiro atoms. The van der Waals surface area contributed by atoms with Gasteiger partial charge in [-0.2, -0.15) is 0 Å². The summed E-state index contributed by atoms with van der Waals surface area (Å²) in [6.07, 6.45) is 0. The van der Waals surface area contributed by atoms with Crippen molar-refractivity contribution in [3.63, 3.8) is 0 Å². The van der Waals surface area contributed by atoms with Crippen LogP contribution in [0.1, 0.15) is 5.69 Å². The van der Waals surface area contributed by atoms with Crippen molar-refractivity contribution in [2.45, 2.75) is 6.92 Å². The molecule has 1 heterocycles. The summed E-state index contributed by atoms with van der Waals surface area (Å²) in [4.78, 5) is 1.19. The minimum absolute atomic E-state index is 0.468. The molecule has 0 aliphatic carbocycles. The van der Waals surface area contributed by atoms with Crippen LogP contribution in [0, 0.1) is 6.92 Å². The standard InChI is InChI=1S/C6H8N2/c1-5-3-2-4-6(7)8-5/h2-4H,1H3,(H2,7,8)/p+1/i/hD. The number of nitrogen functional groups attached to an aromatic ring is 1. The molecular formula is C6H9N2+. The van der Waals surface area contributed by atoms with Crippen molar-refractivity contribution in [3.05, 3.63) is 23.9 Å². The van der Waals surface area contributed by atoms with Crippen molar-refractivity contribution in [3.8, 4) is 0 Å². The summed E-state index contributed by atoms with van der Waals surface area (Å²) in [5, 5.41) is 0. The highest BCUT2D eigenvalue weighted by molar-refractivity contribution is 5.19. The maximum absolute atomic E-state index is 7.24. The van der Waals surface area contributed by atoms with E-state index in [-0.39, 0.29) is 0 Å². The first kappa shape index (κ1) is 3.89. The quantitative estimate of drug-likeness (QED) is 0.515. The molecular weight excluding hydrogens is 100 g/mol. The predicted octanol–water partition coefficient (Wildman–Crippen LogP) is 0.391. The summed E-state index contributed by atoms with van der Waals surface area (Å²) in [7, 11) is 0. The van der Waals surface area contributed by atoms with Gasteiger partial charge in [0.2, 0.25) is 0 Å². The van der Waals surface area contributed by atoms with Crippen molar-refractivity contribution in [1.29, 1.82) is 0 Å². The van der Waals surface area contributed by atoms with Gasteiger partial charge in [-0.3, -0.25) is 5.73 Å². The maximum atomic E-state index is 7.24. The van der Waals surface area contributed by atoms with Crippen LogP contribution >= 0.6 is 0 Å². The first-order chi connectivity index (χ1) is 4.22. The van der Waals surface area contributed by atoms with Crippen LogP contribution in [0.2, 0.25) is 1.41 Å². The molecule has 0 saturated carbocycles.